The molecular weight excluding hydrogens is 222 g/mol. The molecule has 0 unspecified atom stereocenters. The fourth-order valence-corrected chi connectivity index (χ4v) is 2.41. The molecule has 2 aromatic heterocycles. The van der Waals surface area contributed by atoms with Gasteiger partial charge in [-0.05, 0) is 19.9 Å². The predicted molar refractivity (Wildman–Crippen MR) is 64.9 cm³/mol. The van der Waals surface area contributed by atoms with Crippen LogP contribution in [0.3, 0.4) is 0 Å². The van der Waals surface area contributed by atoms with Crippen LogP contribution in [0, 0.1) is 6.92 Å². The minimum absolute atomic E-state index is 0.556. The van der Waals surface area contributed by atoms with Crippen LogP contribution >= 0.6 is 11.3 Å². The predicted octanol–water partition coefficient (Wildman–Crippen LogP) is 1.42. The Balaban J connectivity index is 1.89. The average molecular weight is 239 g/mol. The van der Waals surface area contributed by atoms with Gasteiger partial charge in [0.1, 0.15) is 5.01 Å². The molecule has 0 aromatic carbocycles. The van der Waals surface area contributed by atoms with Gasteiger partial charge in [-0.1, -0.05) is 25.2 Å². The van der Waals surface area contributed by atoms with Crippen molar-refractivity contribution in [3.05, 3.63) is 10.8 Å². The molecule has 0 saturated carbocycles. The first kappa shape index (κ1) is 11.5. The standard InChI is InChI=1S/C10H17N5S/c1-7(2)11-6-4-5-9-14-15-8(3)12-13-10(15)16-9/h7,11H,4-6H2,1-3H3. The van der Waals surface area contributed by atoms with Crippen LogP contribution in [-0.2, 0) is 6.42 Å². The van der Waals surface area contributed by atoms with Gasteiger partial charge in [-0.2, -0.15) is 9.61 Å². The topological polar surface area (TPSA) is 55.1 Å². The Morgan fingerprint density at radius 2 is 2.19 bits per heavy atom. The molecule has 5 nitrogen and oxygen atoms in total. The van der Waals surface area contributed by atoms with Gasteiger partial charge in [-0.15, -0.1) is 10.2 Å². The van der Waals surface area contributed by atoms with Crippen molar-refractivity contribution in [1.82, 2.24) is 25.1 Å². The molecule has 0 bridgehead atoms. The molecule has 0 saturated heterocycles. The Hall–Kier alpha value is -1.01. The Morgan fingerprint density at radius 3 is 2.88 bits per heavy atom. The molecular formula is C10H17N5S. The van der Waals surface area contributed by atoms with Crippen molar-refractivity contribution < 1.29 is 0 Å². The van der Waals surface area contributed by atoms with Gasteiger partial charge in [0, 0.05) is 12.5 Å². The van der Waals surface area contributed by atoms with E-state index in [2.05, 4.69) is 34.5 Å². The number of fused-ring (bicyclic) bond motifs is 1. The molecule has 0 aliphatic carbocycles. The molecule has 2 rings (SSSR count). The first-order chi connectivity index (χ1) is 7.66. The molecule has 88 valence electrons. The van der Waals surface area contributed by atoms with Crippen LogP contribution in [0.2, 0.25) is 0 Å². The summed E-state index contributed by atoms with van der Waals surface area (Å²) in [6.07, 6.45) is 2.12. The van der Waals surface area contributed by atoms with Gasteiger partial charge < -0.3 is 5.32 Å². The number of nitrogens with one attached hydrogen (secondary N) is 1. The van der Waals surface area contributed by atoms with E-state index in [1.54, 1.807) is 11.3 Å². The van der Waals surface area contributed by atoms with E-state index in [9.17, 15) is 0 Å². The molecule has 16 heavy (non-hydrogen) atoms. The van der Waals surface area contributed by atoms with Crippen LogP contribution in [0.25, 0.3) is 4.96 Å². The minimum Gasteiger partial charge on any atom is -0.315 e. The highest BCUT2D eigenvalue weighted by Crippen LogP contribution is 2.14. The largest absolute Gasteiger partial charge is 0.315 e. The van der Waals surface area contributed by atoms with Crippen LogP contribution in [0.1, 0.15) is 31.1 Å². The molecule has 0 fully saturated rings. The maximum absolute atomic E-state index is 4.47. The summed E-state index contributed by atoms with van der Waals surface area (Å²) in [4.78, 5) is 0.893. The van der Waals surface area contributed by atoms with Gasteiger partial charge in [0.05, 0.1) is 0 Å². The van der Waals surface area contributed by atoms with E-state index >= 15 is 0 Å². The number of aryl methyl sites for hydroxylation is 2. The maximum Gasteiger partial charge on any atom is 0.234 e. The molecule has 0 amide bonds. The number of nitrogens with zero attached hydrogens (tertiary/aromatic N) is 4. The first-order valence-corrected chi connectivity index (χ1v) is 6.39. The molecule has 0 radical (unpaired) electrons. The first-order valence-electron chi connectivity index (χ1n) is 5.58. The number of rotatable bonds is 5. The zero-order chi connectivity index (χ0) is 11.5. The molecule has 6 heteroatoms. The van der Waals surface area contributed by atoms with Gasteiger partial charge in [-0.25, -0.2) is 0 Å². The summed E-state index contributed by atoms with van der Waals surface area (Å²) in [6, 6.07) is 0.556. The zero-order valence-electron chi connectivity index (χ0n) is 9.90. The summed E-state index contributed by atoms with van der Waals surface area (Å²) in [6.45, 7) is 7.28. The lowest BCUT2D eigenvalue weighted by Gasteiger charge is -2.05. The van der Waals surface area contributed by atoms with Crippen LogP contribution < -0.4 is 5.32 Å². The van der Waals surface area contributed by atoms with Gasteiger partial charge in [0.15, 0.2) is 5.82 Å². The third-order valence-electron chi connectivity index (χ3n) is 2.31. The summed E-state index contributed by atoms with van der Waals surface area (Å²) >= 11 is 1.63. The van der Waals surface area contributed by atoms with E-state index in [1.165, 1.54) is 0 Å². The number of hydrogen-bond donors (Lipinski definition) is 1. The summed E-state index contributed by atoms with van der Waals surface area (Å²) in [7, 11) is 0. The zero-order valence-corrected chi connectivity index (χ0v) is 10.7. The van der Waals surface area contributed by atoms with E-state index < -0.39 is 0 Å². The lowest BCUT2D eigenvalue weighted by atomic mass is 10.3. The van der Waals surface area contributed by atoms with Crippen molar-refractivity contribution in [2.75, 3.05) is 6.54 Å². The number of hydrogen-bond acceptors (Lipinski definition) is 5. The highest BCUT2D eigenvalue weighted by atomic mass is 32.1. The summed E-state index contributed by atoms with van der Waals surface area (Å²) in [5.41, 5.74) is 0. The molecule has 0 aliphatic rings. The Morgan fingerprint density at radius 1 is 1.38 bits per heavy atom. The smallest absolute Gasteiger partial charge is 0.234 e. The fraction of sp³-hybridized carbons (Fsp3) is 0.700. The van der Waals surface area contributed by atoms with E-state index in [-0.39, 0.29) is 0 Å². The summed E-state index contributed by atoms with van der Waals surface area (Å²) in [5.74, 6) is 0.859. The van der Waals surface area contributed by atoms with Crippen molar-refractivity contribution >= 4 is 16.3 Å². The molecule has 1 N–H and O–H groups in total. The second-order valence-corrected chi connectivity index (χ2v) is 5.19. The summed E-state index contributed by atoms with van der Waals surface area (Å²) in [5, 5.41) is 17.0. The van der Waals surface area contributed by atoms with Gasteiger partial charge >= 0.3 is 0 Å². The molecule has 2 heterocycles. The van der Waals surface area contributed by atoms with Crippen molar-refractivity contribution in [3.8, 4) is 0 Å². The maximum atomic E-state index is 4.47. The van der Waals surface area contributed by atoms with Crippen molar-refractivity contribution in [2.45, 2.75) is 39.7 Å². The average Bonchev–Trinajstić information content (AvgIpc) is 2.76. The molecule has 2 aromatic rings. The third kappa shape index (κ3) is 2.56. The quantitative estimate of drug-likeness (QED) is 0.802. The van der Waals surface area contributed by atoms with Crippen molar-refractivity contribution in [1.29, 1.82) is 0 Å². The monoisotopic (exact) mass is 239 g/mol. The Labute approximate surface area is 98.9 Å². The Bertz CT molecular complexity index is 459. The van der Waals surface area contributed by atoms with Gasteiger partial charge in [0.25, 0.3) is 0 Å². The third-order valence-corrected chi connectivity index (χ3v) is 3.27. The van der Waals surface area contributed by atoms with Crippen LogP contribution in [-0.4, -0.2) is 32.4 Å². The van der Waals surface area contributed by atoms with Gasteiger partial charge in [-0.3, -0.25) is 0 Å². The van der Waals surface area contributed by atoms with E-state index in [4.69, 9.17) is 0 Å². The van der Waals surface area contributed by atoms with E-state index in [0.717, 1.165) is 35.2 Å². The van der Waals surface area contributed by atoms with Crippen molar-refractivity contribution in [3.63, 3.8) is 0 Å². The van der Waals surface area contributed by atoms with E-state index in [1.807, 2.05) is 11.4 Å². The molecule has 0 atom stereocenters. The van der Waals surface area contributed by atoms with Crippen molar-refractivity contribution in [2.24, 2.45) is 0 Å². The van der Waals surface area contributed by atoms with Gasteiger partial charge in [0.2, 0.25) is 4.96 Å². The highest BCUT2D eigenvalue weighted by molar-refractivity contribution is 7.16. The summed E-state index contributed by atoms with van der Waals surface area (Å²) < 4.78 is 1.82. The number of aromatic nitrogens is 4. The lowest BCUT2D eigenvalue weighted by molar-refractivity contribution is 0.569. The Kier molecular flexibility index (Phi) is 3.50. The second-order valence-electron chi connectivity index (χ2n) is 4.15. The molecule has 0 aliphatic heterocycles. The molecule has 0 spiro atoms. The lowest BCUT2D eigenvalue weighted by Crippen LogP contribution is -2.23. The van der Waals surface area contributed by atoms with Crippen LogP contribution in [0.4, 0.5) is 0 Å². The minimum atomic E-state index is 0.556. The van der Waals surface area contributed by atoms with Crippen LogP contribution in [0.15, 0.2) is 0 Å². The normalized spacial score (nSPS) is 11.8. The fourth-order valence-electron chi connectivity index (χ4n) is 1.49. The van der Waals surface area contributed by atoms with E-state index in [0.29, 0.717) is 6.04 Å². The highest BCUT2D eigenvalue weighted by Gasteiger charge is 2.07. The second kappa shape index (κ2) is 4.88. The SMILES string of the molecule is Cc1nnc2sc(CCCNC(C)C)nn12. The van der Waals surface area contributed by atoms with Crippen LogP contribution in [0.5, 0.6) is 0 Å².